The third-order valence-corrected chi connectivity index (χ3v) is 4.54. The number of ether oxygens (including phenoxy) is 4. The summed E-state index contributed by atoms with van der Waals surface area (Å²) in [6.45, 7) is 8.51. The van der Waals surface area contributed by atoms with Crippen molar-refractivity contribution >= 4 is 0 Å². The summed E-state index contributed by atoms with van der Waals surface area (Å²) in [5.74, 6) is 0. The van der Waals surface area contributed by atoms with Crippen LogP contribution in [0.3, 0.4) is 0 Å². The van der Waals surface area contributed by atoms with Gasteiger partial charge in [-0.3, -0.25) is 0 Å². The normalized spacial score (nSPS) is 30.6. The minimum atomic E-state index is -0.0620. The van der Waals surface area contributed by atoms with Crippen LogP contribution in [0.5, 0.6) is 0 Å². The third kappa shape index (κ3) is 4.07. The highest BCUT2D eigenvalue weighted by molar-refractivity contribution is 5.21. The highest BCUT2D eigenvalue weighted by atomic mass is 16.6. The van der Waals surface area contributed by atoms with Gasteiger partial charge in [-0.15, -0.1) is 0 Å². The van der Waals surface area contributed by atoms with Gasteiger partial charge in [-0.25, -0.2) is 0 Å². The van der Waals surface area contributed by atoms with Gasteiger partial charge in [0.2, 0.25) is 0 Å². The van der Waals surface area contributed by atoms with E-state index in [-0.39, 0.29) is 11.2 Å². The summed E-state index contributed by atoms with van der Waals surface area (Å²) in [4.78, 5) is 0. The van der Waals surface area contributed by atoms with Crippen LogP contribution in [0.25, 0.3) is 0 Å². The first-order valence-electron chi connectivity index (χ1n) is 8.08. The average molecular weight is 306 g/mol. The molecule has 122 valence electrons. The summed E-state index contributed by atoms with van der Waals surface area (Å²) in [5.41, 5.74) is 2.24. The zero-order valence-corrected chi connectivity index (χ0v) is 13.6. The molecule has 0 spiro atoms. The van der Waals surface area contributed by atoms with Crippen molar-refractivity contribution in [3.8, 4) is 0 Å². The van der Waals surface area contributed by atoms with E-state index in [2.05, 4.69) is 38.1 Å². The molecule has 22 heavy (non-hydrogen) atoms. The fourth-order valence-electron chi connectivity index (χ4n) is 2.63. The molecule has 4 heteroatoms. The summed E-state index contributed by atoms with van der Waals surface area (Å²) >= 11 is 0. The largest absolute Gasteiger partial charge is 0.374 e. The molecule has 2 aliphatic heterocycles. The maximum Gasteiger partial charge on any atom is 0.0908 e. The third-order valence-electron chi connectivity index (χ3n) is 4.54. The molecule has 3 rings (SSSR count). The van der Waals surface area contributed by atoms with Gasteiger partial charge >= 0.3 is 0 Å². The Morgan fingerprint density at radius 2 is 1.18 bits per heavy atom. The van der Waals surface area contributed by atoms with Crippen molar-refractivity contribution in [1.82, 2.24) is 0 Å². The van der Waals surface area contributed by atoms with Crippen LogP contribution in [0.2, 0.25) is 0 Å². The van der Waals surface area contributed by atoms with Crippen molar-refractivity contribution in [1.29, 1.82) is 0 Å². The molecular formula is C18H26O4. The lowest BCUT2D eigenvalue weighted by Gasteiger charge is -2.38. The van der Waals surface area contributed by atoms with Crippen molar-refractivity contribution in [3.05, 3.63) is 35.4 Å². The van der Waals surface area contributed by atoms with E-state index < -0.39 is 0 Å². The monoisotopic (exact) mass is 306 g/mol. The Labute approximate surface area is 132 Å². The summed E-state index contributed by atoms with van der Waals surface area (Å²) in [6, 6.07) is 8.41. The van der Waals surface area contributed by atoms with E-state index in [1.807, 2.05) is 0 Å². The second-order valence-electron chi connectivity index (χ2n) is 6.90. The minimum absolute atomic E-state index is 0.0620. The first-order chi connectivity index (χ1) is 10.6. The van der Waals surface area contributed by atoms with Gasteiger partial charge in [-0.1, -0.05) is 24.3 Å². The first kappa shape index (κ1) is 15.9. The molecule has 2 saturated heterocycles. The molecule has 2 heterocycles. The van der Waals surface area contributed by atoms with Gasteiger partial charge in [0.25, 0.3) is 0 Å². The van der Waals surface area contributed by atoms with Gasteiger partial charge in [0.15, 0.2) is 0 Å². The zero-order chi connectivity index (χ0) is 15.5. The Balaban J connectivity index is 1.36. The quantitative estimate of drug-likeness (QED) is 0.739. The molecule has 0 amide bonds. The van der Waals surface area contributed by atoms with Gasteiger partial charge in [0.05, 0.1) is 50.8 Å². The highest BCUT2D eigenvalue weighted by Gasteiger charge is 2.33. The summed E-state index contributed by atoms with van der Waals surface area (Å²) in [5, 5.41) is 0. The fourth-order valence-corrected chi connectivity index (χ4v) is 2.63. The first-order valence-corrected chi connectivity index (χ1v) is 8.08. The molecule has 0 aliphatic carbocycles. The van der Waals surface area contributed by atoms with Crippen molar-refractivity contribution in [3.63, 3.8) is 0 Å². The summed E-state index contributed by atoms with van der Waals surface area (Å²) in [7, 11) is 0. The van der Waals surface area contributed by atoms with Gasteiger partial charge in [0.1, 0.15) is 0 Å². The maximum atomic E-state index is 5.74. The van der Waals surface area contributed by atoms with Crippen molar-refractivity contribution < 1.29 is 18.9 Å². The Bertz CT molecular complexity index is 429. The molecule has 2 aliphatic rings. The van der Waals surface area contributed by atoms with Gasteiger partial charge in [0, 0.05) is 12.8 Å². The summed E-state index contributed by atoms with van der Waals surface area (Å²) in [6.07, 6.45) is 2.18. The predicted molar refractivity (Wildman–Crippen MR) is 83.7 cm³/mol. The number of hydrogen-bond acceptors (Lipinski definition) is 4. The van der Waals surface area contributed by atoms with E-state index in [4.69, 9.17) is 18.9 Å². The molecule has 0 aromatic heterocycles. The number of rotatable bonds is 8. The minimum Gasteiger partial charge on any atom is -0.374 e. The molecule has 2 atom stereocenters. The zero-order valence-electron chi connectivity index (χ0n) is 13.6. The summed E-state index contributed by atoms with van der Waals surface area (Å²) < 4.78 is 22.5. The van der Waals surface area contributed by atoms with Crippen LogP contribution < -0.4 is 0 Å². The van der Waals surface area contributed by atoms with Gasteiger partial charge in [-0.2, -0.15) is 0 Å². The van der Waals surface area contributed by atoms with E-state index in [0.717, 1.165) is 26.1 Å². The predicted octanol–water partition coefficient (Wildman–Crippen LogP) is 3.08. The van der Waals surface area contributed by atoms with Crippen molar-refractivity contribution in [2.24, 2.45) is 0 Å². The lowest BCUT2D eigenvalue weighted by Crippen LogP contribution is -2.44. The molecule has 1 aromatic rings. The van der Waals surface area contributed by atoms with E-state index in [0.29, 0.717) is 26.4 Å². The van der Waals surface area contributed by atoms with Crippen LogP contribution in [0, 0.1) is 0 Å². The van der Waals surface area contributed by atoms with Gasteiger partial charge < -0.3 is 18.9 Å². The highest BCUT2D eigenvalue weighted by Crippen LogP contribution is 2.27. The lowest BCUT2D eigenvalue weighted by molar-refractivity contribution is -0.171. The second kappa shape index (κ2) is 6.67. The molecule has 4 nitrogen and oxygen atoms in total. The topological polar surface area (TPSA) is 36.9 Å². The molecule has 0 radical (unpaired) electrons. The lowest BCUT2D eigenvalue weighted by atomic mass is 9.99. The Kier molecular flexibility index (Phi) is 4.83. The van der Waals surface area contributed by atoms with Crippen LogP contribution in [-0.2, 0) is 32.2 Å². The molecule has 0 bridgehead atoms. The van der Waals surface area contributed by atoms with E-state index >= 15 is 0 Å². The van der Waals surface area contributed by atoms with E-state index in [9.17, 15) is 0 Å². The van der Waals surface area contributed by atoms with Crippen LogP contribution in [0.4, 0.5) is 0 Å². The molecule has 1 aromatic carbocycles. The second-order valence-corrected chi connectivity index (χ2v) is 6.90. The Morgan fingerprint density at radius 3 is 1.45 bits per heavy atom. The molecule has 0 saturated carbocycles. The fraction of sp³-hybridized carbons (Fsp3) is 0.667. The molecular weight excluding hydrogens is 280 g/mol. The van der Waals surface area contributed by atoms with Crippen molar-refractivity contribution in [2.45, 2.75) is 51.1 Å². The smallest absolute Gasteiger partial charge is 0.0908 e. The van der Waals surface area contributed by atoms with Crippen LogP contribution >= 0.6 is 0 Å². The van der Waals surface area contributed by atoms with Crippen molar-refractivity contribution in [2.75, 3.05) is 26.4 Å². The van der Waals surface area contributed by atoms with Crippen LogP contribution in [0.1, 0.15) is 37.8 Å². The van der Waals surface area contributed by atoms with Gasteiger partial charge in [-0.05, 0) is 25.0 Å². The number of hydrogen-bond donors (Lipinski definition) is 0. The number of benzene rings is 1. The standard InChI is InChI=1S/C18H26O4/c1-17(7-9-21-17)13-19-11-15-3-5-16(6-4-15)12-20-14-18(2)8-10-22-18/h3-6H,7-14H2,1-2H3. The van der Waals surface area contributed by atoms with Crippen LogP contribution in [-0.4, -0.2) is 37.6 Å². The Hall–Kier alpha value is -0.940. The van der Waals surface area contributed by atoms with E-state index in [1.165, 1.54) is 11.1 Å². The molecule has 2 fully saturated rings. The van der Waals surface area contributed by atoms with Crippen LogP contribution in [0.15, 0.2) is 24.3 Å². The Morgan fingerprint density at radius 1 is 0.818 bits per heavy atom. The van der Waals surface area contributed by atoms with E-state index in [1.54, 1.807) is 0 Å². The average Bonchev–Trinajstić information content (AvgIpc) is 2.45. The molecule has 2 unspecified atom stereocenters. The molecule has 0 N–H and O–H groups in total. The maximum absolute atomic E-state index is 5.74. The SMILES string of the molecule is CC1(COCc2ccc(COCC3(C)CCO3)cc2)CCO1.